The molecule has 1 spiro atoms. The highest BCUT2D eigenvalue weighted by molar-refractivity contribution is 6.10. The molecule has 1 aromatic carbocycles. The average Bonchev–Trinajstić information content (AvgIpc) is 2.88. The zero-order valence-corrected chi connectivity index (χ0v) is 15.7. The molecule has 4 amide bonds. The lowest BCUT2D eigenvalue weighted by molar-refractivity contribution is -0.384. The smallest absolute Gasteiger partial charge is 0.325 e. The third-order valence-corrected chi connectivity index (χ3v) is 5.35. The lowest BCUT2D eigenvalue weighted by Gasteiger charge is -2.33. The van der Waals surface area contributed by atoms with Crippen molar-refractivity contribution in [3.05, 3.63) is 28.3 Å². The van der Waals surface area contributed by atoms with Gasteiger partial charge in [-0.05, 0) is 43.7 Å². The van der Waals surface area contributed by atoms with Crippen LogP contribution in [0.2, 0.25) is 0 Å². The number of nitro benzene ring substituents is 1. The van der Waals surface area contributed by atoms with Gasteiger partial charge in [-0.15, -0.1) is 0 Å². The van der Waals surface area contributed by atoms with Crippen molar-refractivity contribution in [3.63, 3.8) is 0 Å². The Morgan fingerprint density at radius 2 is 2.07 bits per heavy atom. The first-order chi connectivity index (χ1) is 13.3. The van der Waals surface area contributed by atoms with E-state index in [1.807, 2.05) is 0 Å². The highest BCUT2D eigenvalue weighted by Gasteiger charge is 2.52. The highest BCUT2D eigenvalue weighted by Crippen LogP contribution is 2.36. The molecule has 3 rings (SSSR count). The second-order valence-electron chi connectivity index (χ2n) is 7.27. The van der Waals surface area contributed by atoms with Gasteiger partial charge in [0, 0.05) is 0 Å². The van der Waals surface area contributed by atoms with Gasteiger partial charge in [0.05, 0.1) is 18.1 Å². The Hall–Kier alpha value is -3.17. The van der Waals surface area contributed by atoms with Crippen LogP contribution in [0.25, 0.3) is 0 Å². The van der Waals surface area contributed by atoms with E-state index in [1.165, 1.54) is 25.3 Å². The van der Waals surface area contributed by atoms with E-state index in [0.29, 0.717) is 18.8 Å². The molecule has 1 saturated carbocycles. The Bertz CT molecular complexity index is 831. The molecule has 0 bridgehead atoms. The van der Waals surface area contributed by atoms with E-state index in [2.05, 4.69) is 17.6 Å². The first kappa shape index (κ1) is 19.6. The van der Waals surface area contributed by atoms with Crippen molar-refractivity contribution >= 4 is 29.2 Å². The molecule has 2 N–H and O–H groups in total. The first-order valence-corrected chi connectivity index (χ1v) is 9.02. The Morgan fingerprint density at radius 3 is 2.68 bits per heavy atom. The van der Waals surface area contributed by atoms with Crippen molar-refractivity contribution in [2.24, 2.45) is 5.92 Å². The molecule has 1 aliphatic heterocycles. The molecule has 0 aromatic heterocycles. The summed E-state index contributed by atoms with van der Waals surface area (Å²) >= 11 is 0. The van der Waals surface area contributed by atoms with Gasteiger partial charge in [-0.1, -0.05) is 6.92 Å². The Kier molecular flexibility index (Phi) is 5.21. The molecule has 1 aliphatic carbocycles. The maximum absolute atomic E-state index is 12.8. The van der Waals surface area contributed by atoms with Gasteiger partial charge in [-0.25, -0.2) is 4.79 Å². The van der Waals surface area contributed by atoms with E-state index >= 15 is 0 Å². The van der Waals surface area contributed by atoms with Gasteiger partial charge in [0.1, 0.15) is 23.5 Å². The predicted octanol–water partition coefficient (Wildman–Crippen LogP) is 2.04. The van der Waals surface area contributed by atoms with E-state index in [0.717, 1.165) is 17.7 Å². The lowest BCUT2D eigenvalue weighted by atomic mass is 9.77. The van der Waals surface area contributed by atoms with E-state index < -0.39 is 34.9 Å². The number of amides is 4. The van der Waals surface area contributed by atoms with Gasteiger partial charge in [-0.3, -0.25) is 24.6 Å². The second kappa shape index (κ2) is 7.45. The monoisotopic (exact) mass is 390 g/mol. The molecule has 2 aliphatic rings. The van der Waals surface area contributed by atoms with Crippen molar-refractivity contribution in [1.29, 1.82) is 0 Å². The number of carbonyl (C=O) groups is 3. The van der Waals surface area contributed by atoms with Crippen LogP contribution < -0.4 is 15.4 Å². The Labute approximate surface area is 161 Å². The maximum Gasteiger partial charge on any atom is 0.325 e. The van der Waals surface area contributed by atoms with Gasteiger partial charge >= 0.3 is 6.03 Å². The summed E-state index contributed by atoms with van der Waals surface area (Å²) in [6.07, 6.45) is 2.73. The minimum Gasteiger partial charge on any atom is -0.496 e. The molecule has 1 saturated heterocycles. The molecule has 28 heavy (non-hydrogen) atoms. The number of anilines is 1. The van der Waals surface area contributed by atoms with Gasteiger partial charge in [0.25, 0.3) is 11.6 Å². The van der Waals surface area contributed by atoms with Crippen LogP contribution in [0.4, 0.5) is 16.2 Å². The van der Waals surface area contributed by atoms with Crippen LogP contribution in [0.15, 0.2) is 18.2 Å². The molecule has 150 valence electrons. The number of imide groups is 1. The number of nitrogens with zero attached hydrogens (tertiary/aromatic N) is 2. The quantitative estimate of drug-likeness (QED) is 0.449. The van der Waals surface area contributed by atoms with Crippen LogP contribution in [-0.2, 0) is 9.59 Å². The summed E-state index contributed by atoms with van der Waals surface area (Å²) in [5.74, 6) is -0.350. The molecule has 0 atom stereocenters. The van der Waals surface area contributed by atoms with E-state index in [9.17, 15) is 24.5 Å². The lowest BCUT2D eigenvalue weighted by Crippen LogP contribution is -2.49. The normalized spacial score (nSPS) is 24.2. The van der Waals surface area contributed by atoms with Crippen molar-refractivity contribution in [3.8, 4) is 5.75 Å². The number of urea groups is 1. The number of benzene rings is 1. The number of carbonyl (C=O) groups excluding carboxylic acids is 3. The molecule has 10 nitrogen and oxygen atoms in total. The molecule has 10 heteroatoms. The standard InChI is InChI=1S/C18H22N4O6/c1-11-5-7-18(8-6-11)16(24)21(17(25)20-18)10-15(23)19-13-4-3-12(28-2)9-14(13)22(26)27/h3-4,9,11H,5-8,10H2,1-2H3,(H,19,23)(H,20,25). The number of hydrogen-bond donors (Lipinski definition) is 2. The zero-order valence-electron chi connectivity index (χ0n) is 15.7. The predicted molar refractivity (Wildman–Crippen MR) is 98.9 cm³/mol. The van der Waals surface area contributed by atoms with Gasteiger partial charge in [0.2, 0.25) is 5.91 Å². The van der Waals surface area contributed by atoms with Crippen LogP contribution in [0, 0.1) is 16.0 Å². The zero-order chi connectivity index (χ0) is 20.5. The van der Waals surface area contributed by atoms with Crippen molar-refractivity contribution < 1.29 is 24.0 Å². The average molecular weight is 390 g/mol. The summed E-state index contributed by atoms with van der Waals surface area (Å²) in [6, 6.07) is 3.37. The topological polar surface area (TPSA) is 131 Å². The highest BCUT2D eigenvalue weighted by atomic mass is 16.6. The van der Waals surface area contributed by atoms with Crippen LogP contribution in [0.1, 0.15) is 32.6 Å². The van der Waals surface area contributed by atoms with Gasteiger partial charge in [-0.2, -0.15) is 0 Å². The molecule has 0 radical (unpaired) electrons. The molecule has 1 aromatic rings. The van der Waals surface area contributed by atoms with Crippen LogP contribution in [0.5, 0.6) is 5.75 Å². The van der Waals surface area contributed by atoms with Gasteiger partial charge < -0.3 is 15.4 Å². The Morgan fingerprint density at radius 1 is 1.39 bits per heavy atom. The SMILES string of the molecule is COc1ccc(NC(=O)CN2C(=O)NC3(CCC(C)CC3)C2=O)c([N+](=O)[O-])c1. The van der Waals surface area contributed by atoms with Crippen LogP contribution in [0.3, 0.4) is 0 Å². The van der Waals surface area contributed by atoms with Crippen molar-refractivity contribution in [2.45, 2.75) is 38.1 Å². The number of hydrogen-bond acceptors (Lipinski definition) is 6. The third-order valence-electron chi connectivity index (χ3n) is 5.35. The summed E-state index contributed by atoms with van der Waals surface area (Å²) in [5.41, 5.74) is -1.32. The van der Waals surface area contributed by atoms with Crippen molar-refractivity contribution in [2.75, 3.05) is 19.0 Å². The minimum atomic E-state index is -0.935. The number of rotatable bonds is 5. The number of ether oxygens (including phenoxy) is 1. The van der Waals surface area contributed by atoms with E-state index in [1.54, 1.807) is 0 Å². The summed E-state index contributed by atoms with van der Waals surface area (Å²) in [5, 5.41) is 16.4. The molecular weight excluding hydrogens is 368 g/mol. The fourth-order valence-electron chi connectivity index (χ4n) is 3.64. The largest absolute Gasteiger partial charge is 0.496 e. The van der Waals surface area contributed by atoms with Gasteiger partial charge in [0.15, 0.2) is 0 Å². The molecular formula is C18H22N4O6. The number of nitro groups is 1. The summed E-state index contributed by atoms with van der Waals surface area (Å²) in [4.78, 5) is 48.9. The van der Waals surface area contributed by atoms with Crippen LogP contribution >= 0.6 is 0 Å². The molecule has 0 unspecified atom stereocenters. The number of nitrogens with one attached hydrogen (secondary N) is 2. The summed E-state index contributed by atoms with van der Waals surface area (Å²) < 4.78 is 4.95. The fourth-order valence-corrected chi connectivity index (χ4v) is 3.64. The van der Waals surface area contributed by atoms with E-state index in [4.69, 9.17) is 4.74 Å². The first-order valence-electron chi connectivity index (χ1n) is 9.02. The van der Waals surface area contributed by atoms with E-state index in [-0.39, 0.29) is 17.1 Å². The Balaban J connectivity index is 1.71. The number of methoxy groups -OCH3 is 1. The van der Waals surface area contributed by atoms with Crippen LogP contribution in [-0.4, -0.2) is 46.9 Å². The molecule has 1 heterocycles. The van der Waals surface area contributed by atoms with Crippen molar-refractivity contribution in [1.82, 2.24) is 10.2 Å². The summed E-state index contributed by atoms with van der Waals surface area (Å²) in [6.45, 7) is 1.59. The maximum atomic E-state index is 12.8. The fraction of sp³-hybridized carbons (Fsp3) is 0.500. The third kappa shape index (κ3) is 3.62. The molecule has 2 fully saturated rings. The summed E-state index contributed by atoms with van der Waals surface area (Å²) in [7, 11) is 1.37. The minimum absolute atomic E-state index is 0.0379. The second-order valence-corrected chi connectivity index (χ2v) is 7.27.